The Hall–Kier alpha value is -3.44. The van der Waals surface area contributed by atoms with Gasteiger partial charge in [-0.25, -0.2) is 0 Å². The number of hydrogen-bond donors (Lipinski definition) is 2. The summed E-state index contributed by atoms with van der Waals surface area (Å²) >= 11 is 0. The van der Waals surface area contributed by atoms with Gasteiger partial charge in [-0.15, -0.1) is 0 Å². The van der Waals surface area contributed by atoms with Gasteiger partial charge in [-0.1, -0.05) is 73.5 Å². The first-order valence-electron chi connectivity index (χ1n) is 15.8. The maximum atomic E-state index is 13.4. The van der Waals surface area contributed by atoms with Crippen LogP contribution in [0.1, 0.15) is 122 Å². The molecule has 0 unspecified atom stereocenters. The van der Waals surface area contributed by atoms with Crippen molar-refractivity contribution in [1.29, 1.82) is 0 Å². The average molecular weight is 565 g/mol. The Bertz CT molecular complexity index is 1560. The normalized spacial score (nSPS) is 19.1. The molecule has 1 amide bonds. The van der Waals surface area contributed by atoms with Crippen LogP contribution in [-0.4, -0.2) is 21.2 Å². The van der Waals surface area contributed by atoms with E-state index in [1.807, 2.05) is 6.92 Å². The van der Waals surface area contributed by atoms with Crippen LogP contribution in [0.25, 0.3) is 5.57 Å². The molecule has 42 heavy (non-hydrogen) atoms. The van der Waals surface area contributed by atoms with Crippen LogP contribution >= 0.6 is 0 Å². The molecule has 3 aliphatic carbocycles. The van der Waals surface area contributed by atoms with Crippen LogP contribution in [0.4, 0.5) is 0 Å². The fourth-order valence-corrected chi connectivity index (χ4v) is 6.58. The average Bonchev–Trinajstić information content (AvgIpc) is 3.91. The van der Waals surface area contributed by atoms with Crippen molar-refractivity contribution in [3.63, 3.8) is 0 Å². The molecule has 2 N–H and O–H groups in total. The molecule has 2 aromatic carbocycles. The lowest BCUT2D eigenvalue weighted by molar-refractivity contribution is 0.0936. The molecule has 220 valence electrons. The van der Waals surface area contributed by atoms with E-state index >= 15 is 0 Å². The number of pyridine rings is 1. The van der Waals surface area contributed by atoms with Gasteiger partial charge in [0.1, 0.15) is 0 Å². The van der Waals surface area contributed by atoms with Crippen LogP contribution < -0.4 is 10.9 Å². The molecule has 3 fully saturated rings. The van der Waals surface area contributed by atoms with E-state index < -0.39 is 5.60 Å². The number of allylic oxidation sites excluding steroid dienone is 1. The van der Waals surface area contributed by atoms with Gasteiger partial charge in [0.05, 0.1) is 23.8 Å². The monoisotopic (exact) mass is 564 g/mol. The highest BCUT2D eigenvalue weighted by molar-refractivity contribution is 5.94. The Kier molecular flexibility index (Phi) is 7.51. The summed E-state index contributed by atoms with van der Waals surface area (Å²) in [5, 5.41) is 13.6. The Labute approximate surface area is 249 Å². The van der Waals surface area contributed by atoms with Crippen LogP contribution in [0.3, 0.4) is 0 Å². The van der Waals surface area contributed by atoms with Gasteiger partial charge < -0.3 is 15.0 Å². The lowest BCUT2D eigenvalue weighted by atomic mass is 9.60. The van der Waals surface area contributed by atoms with Crippen LogP contribution in [0, 0.1) is 12.3 Å². The fourth-order valence-electron chi connectivity index (χ4n) is 6.58. The number of amides is 1. The Morgan fingerprint density at radius 1 is 0.976 bits per heavy atom. The minimum atomic E-state index is -0.810. The minimum Gasteiger partial charge on any atom is -0.388 e. The van der Waals surface area contributed by atoms with Crippen LogP contribution in [-0.2, 0) is 6.54 Å². The third-order valence-electron chi connectivity index (χ3n) is 10.1. The van der Waals surface area contributed by atoms with Gasteiger partial charge in [-0.3, -0.25) is 9.59 Å². The highest BCUT2D eigenvalue weighted by Gasteiger charge is 2.41. The molecule has 3 saturated carbocycles. The second-order valence-electron chi connectivity index (χ2n) is 13.3. The summed E-state index contributed by atoms with van der Waals surface area (Å²) in [6.07, 6.45) is 9.71. The summed E-state index contributed by atoms with van der Waals surface area (Å²) in [5.41, 5.74) is 8.40. The van der Waals surface area contributed by atoms with E-state index in [0.29, 0.717) is 29.4 Å². The smallest absolute Gasteiger partial charge is 0.254 e. The molecule has 1 aromatic heterocycles. The first-order valence-corrected chi connectivity index (χ1v) is 15.8. The van der Waals surface area contributed by atoms with Crippen molar-refractivity contribution in [2.75, 3.05) is 0 Å². The van der Waals surface area contributed by atoms with Crippen molar-refractivity contribution in [1.82, 2.24) is 9.88 Å². The standard InChI is InChI=1S/C37H44N2O3/c1-5-36(6-2)20-31(21-36)33(28-9-7-24(3)8-10-28)29-15-11-26(12-16-29)25(4)38-34(40)30-19-32(27-13-14-27)35(41)39(22-30)23-37(42)17-18-37/h7-12,15-16,19,22,25,27,42H,5-6,13-14,17-18,20-21,23H2,1-4H3,(H,38,40)/t25-/m1/s1. The predicted molar refractivity (Wildman–Crippen MR) is 169 cm³/mol. The van der Waals surface area contributed by atoms with Crippen molar-refractivity contribution in [3.8, 4) is 0 Å². The zero-order valence-corrected chi connectivity index (χ0v) is 25.5. The summed E-state index contributed by atoms with van der Waals surface area (Å²) in [4.78, 5) is 26.5. The van der Waals surface area contributed by atoms with Crippen LogP contribution in [0.15, 0.2) is 71.2 Å². The number of nitrogens with zero attached hydrogens (tertiary/aromatic N) is 1. The molecular weight excluding hydrogens is 520 g/mol. The van der Waals surface area contributed by atoms with Gasteiger partial charge in [0.25, 0.3) is 11.5 Å². The number of aliphatic hydroxyl groups is 1. The number of aromatic nitrogens is 1. The second-order valence-corrected chi connectivity index (χ2v) is 13.3. The van der Waals surface area contributed by atoms with Crippen LogP contribution in [0.2, 0.25) is 0 Å². The van der Waals surface area contributed by atoms with Gasteiger partial charge in [0.2, 0.25) is 0 Å². The van der Waals surface area contributed by atoms with Gasteiger partial charge in [-0.2, -0.15) is 0 Å². The molecule has 6 rings (SSSR count). The molecule has 5 nitrogen and oxygen atoms in total. The maximum Gasteiger partial charge on any atom is 0.254 e. The molecule has 1 heterocycles. The predicted octanol–water partition coefficient (Wildman–Crippen LogP) is 7.45. The number of hydrogen-bond acceptors (Lipinski definition) is 3. The molecule has 0 bridgehead atoms. The number of carbonyl (C=O) groups is 1. The Balaban J connectivity index is 1.22. The van der Waals surface area contributed by atoms with E-state index in [-0.39, 0.29) is 30.0 Å². The Morgan fingerprint density at radius 2 is 1.57 bits per heavy atom. The summed E-state index contributed by atoms with van der Waals surface area (Å²) in [7, 11) is 0. The van der Waals surface area contributed by atoms with Crippen molar-refractivity contribution >= 4 is 11.5 Å². The van der Waals surface area contributed by atoms with E-state index in [2.05, 4.69) is 74.6 Å². The summed E-state index contributed by atoms with van der Waals surface area (Å²) < 4.78 is 1.56. The number of aryl methyl sites for hydroxylation is 1. The summed E-state index contributed by atoms with van der Waals surface area (Å²) in [6.45, 7) is 9.00. The zero-order valence-electron chi connectivity index (χ0n) is 25.5. The topological polar surface area (TPSA) is 71.3 Å². The molecular formula is C37H44N2O3. The van der Waals surface area contributed by atoms with Gasteiger partial charge in [0, 0.05) is 11.8 Å². The highest BCUT2D eigenvalue weighted by atomic mass is 16.3. The van der Waals surface area contributed by atoms with Crippen molar-refractivity contribution in [2.45, 2.75) is 103 Å². The van der Waals surface area contributed by atoms with Crippen molar-refractivity contribution < 1.29 is 9.90 Å². The molecule has 0 radical (unpaired) electrons. The lowest BCUT2D eigenvalue weighted by Gasteiger charge is -2.44. The maximum absolute atomic E-state index is 13.4. The largest absolute Gasteiger partial charge is 0.388 e. The molecule has 3 aliphatic rings. The quantitative estimate of drug-likeness (QED) is 0.269. The summed E-state index contributed by atoms with van der Waals surface area (Å²) in [5.74, 6) is 0.0278. The number of rotatable bonds is 10. The Morgan fingerprint density at radius 3 is 2.12 bits per heavy atom. The zero-order chi connectivity index (χ0) is 29.6. The third kappa shape index (κ3) is 5.76. The second kappa shape index (κ2) is 11.0. The first-order chi connectivity index (χ1) is 20.1. The van der Waals surface area contributed by atoms with Gasteiger partial charge in [0.15, 0.2) is 0 Å². The van der Waals surface area contributed by atoms with Crippen molar-refractivity contribution in [2.24, 2.45) is 5.41 Å². The van der Waals surface area contributed by atoms with E-state index in [1.165, 1.54) is 40.7 Å². The minimum absolute atomic E-state index is 0.0712. The first kappa shape index (κ1) is 28.7. The number of carbonyl (C=O) groups excluding carboxylic acids is 1. The molecule has 0 aliphatic heterocycles. The molecule has 5 heteroatoms. The summed E-state index contributed by atoms with van der Waals surface area (Å²) in [6, 6.07) is 19.1. The van der Waals surface area contributed by atoms with E-state index in [1.54, 1.807) is 16.8 Å². The molecule has 0 saturated heterocycles. The number of benzene rings is 2. The van der Waals surface area contributed by atoms with Crippen molar-refractivity contribution in [3.05, 3.63) is 110 Å². The molecule has 3 aromatic rings. The van der Waals surface area contributed by atoms with E-state index in [0.717, 1.165) is 31.2 Å². The molecule has 0 spiro atoms. The van der Waals surface area contributed by atoms with E-state index in [4.69, 9.17) is 0 Å². The number of nitrogens with one attached hydrogen (secondary N) is 1. The van der Waals surface area contributed by atoms with E-state index in [9.17, 15) is 14.7 Å². The third-order valence-corrected chi connectivity index (χ3v) is 10.1. The highest BCUT2D eigenvalue weighted by Crippen LogP contribution is 2.53. The lowest BCUT2D eigenvalue weighted by Crippen LogP contribution is -2.33. The van der Waals surface area contributed by atoms with Crippen LogP contribution in [0.5, 0.6) is 0 Å². The van der Waals surface area contributed by atoms with Gasteiger partial charge in [-0.05, 0) is 105 Å². The fraction of sp³-hybridized carbons (Fsp3) is 0.459. The van der Waals surface area contributed by atoms with Gasteiger partial charge >= 0.3 is 0 Å². The molecule has 1 atom stereocenters. The SMILES string of the molecule is CCC1(CC)CC(=C(c2ccc(C)cc2)c2ccc([C@@H](C)NC(=O)c3cc(C4CC4)c(=O)n(CC4(O)CC4)c3)cc2)C1.